The fraction of sp³-hybridized carbons (Fsp3) is 0.211. The van der Waals surface area contributed by atoms with Gasteiger partial charge in [-0.25, -0.2) is 0 Å². The summed E-state index contributed by atoms with van der Waals surface area (Å²) in [6.07, 6.45) is 7.09. The summed E-state index contributed by atoms with van der Waals surface area (Å²) in [6.45, 7) is 0.888. The number of aromatic hydroxyl groups is 1. The Morgan fingerprint density at radius 1 is 1.19 bits per heavy atom. The zero-order valence-electron chi connectivity index (χ0n) is 14.3. The minimum atomic E-state index is 0.186. The second-order valence-corrected chi connectivity index (χ2v) is 5.57. The van der Waals surface area contributed by atoms with Crippen LogP contribution in [0.5, 0.6) is 17.2 Å². The summed E-state index contributed by atoms with van der Waals surface area (Å²) < 4.78 is 5.55. The third-order valence-electron chi connectivity index (χ3n) is 3.52. The smallest absolute Gasteiger partial charge is 0.219 e. The number of pyridine rings is 1. The number of hydrogen-bond acceptors (Lipinski definition) is 6. The second-order valence-electron chi connectivity index (χ2n) is 5.57. The maximum Gasteiger partial charge on any atom is 0.219 e. The van der Waals surface area contributed by atoms with Crippen molar-refractivity contribution in [2.24, 2.45) is 5.73 Å². The first-order valence-electron chi connectivity index (χ1n) is 8.24. The minimum absolute atomic E-state index is 0.186. The summed E-state index contributed by atoms with van der Waals surface area (Å²) >= 11 is 0. The minimum Gasteiger partial charge on any atom is -0.508 e. The van der Waals surface area contributed by atoms with E-state index < -0.39 is 0 Å². The van der Waals surface area contributed by atoms with Crippen LogP contribution in [0.3, 0.4) is 0 Å². The molecule has 1 aliphatic rings. The molecule has 2 aromatic rings. The molecular formula is C19H22N4O3. The molecular weight excluding hydrogens is 332 g/mol. The highest BCUT2D eigenvalue weighted by Crippen LogP contribution is 2.23. The summed E-state index contributed by atoms with van der Waals surface area (Å²) in [5.41, 5.74) is 6.71. The van der Waals surface area contributed by atoms with Crippen LogP contribution in [-0.4, -0.2) is 28.8 Å². The molecule has 1 amide bonds. The molecule has 0 radical (unpaired) electrons. The van der Waals surface area contributed by atoms with Crippen LogP contribution in [-0.2, 0) is 4.79 Å². The molecule has 26 heavy (non-hydrogen) atoms. The standard InChI is InChI=1S/C14H13N3O2.C5H9NO/c15-8-7-13(16)14-6-5-12(9-17-14)19-11-3-1-10(18)2-4-11;7-5-3-1-2-4-6-5/h1-9,15,18H,16H2;1-4H2,(H,6,7)/b13-7-,15-8?;. The van der Waals surface area contributed by atoms with E-state index in [2.05, 4.69) is 10.3 Å². The number of nitrogens with one attached hydrogen (secondary N) is 2. The molecule has 1 fully saturated rings. The average Bonchev–Trinajstić information content (AvgIpc) is 2.66. The van der Waals surface area contributed by atoms with Gasteiger partial charge in [0.2, 0.25) is 5.91 Å². The van der Waals surface area contributed by atoms with Gasteiger partial charge in [-0.15, -0.1) is 0 Å². The van der Waals surface area contributed by atoms with Gasteiger partial charge in [0.15, 0.2) is 0 Å². The van der Waals surface area contributed by atoms with E-state index in [1.165, 1.54) is 6.08 Å². The molecule has 1 saturated heterocycles. The Kier molecular flexibility index (Phi) is 7.17. The first-order chi connectivity index (χ1) is 12.6. The van der Waals surface area contributed by atoms with E-state index in [-0.39, 0.29) is 11.7 Å². The van der Waals surface area contributed by atoms with Crippen molar-refractivity contribution >= 4 is 17.8 Å². The number of phenolic OH excluding ortho intramolecular Hbond substituents is 1. The number of phenols is 1. The predicted molar refractivity (Wildman–Crippen MR) is 100 cm³/mol. The molecule has 0 aliphatic carbocycles. The zero-order valence-corrected chi connectivity index (χ0v) is 14.3. The number of piperidine rings is 1. The highest BCUT2D eigenvalue weighted by atomic mass is 16.5. The van der Waals surface area contributed by atoms with Crippen molar-refractivity contribution in [2.45, 2.75) is 19.3 Å². The number of nitrogens with zero attached hydrogens (tertiary/aromatic N) is 1. The Labute approximate surface area is 152 Å². The number of rotatable bonds is 4. The summed E-state index contributed by atoms with van der Waals surface area (Å²) in [6, 6.07) is 9.86. The number of allylic oxidation sites excluding steroid dienone is 1. The van der Waals surface area contributed by atoms with Crippen LogP contribution < -0.4 is 15.8 Å². The number of benzene rings is 1. The predicted octanol–water partition coefficient (Wildman–Crippen LogP) is 2.82. The highest BCUT2D eigenvalue weighted by Gasteiger charge is 2.04. The van der Waals surface area contributed by atoms with Gasteiger partial charge in [-0.3, -0.25) is 9.78 Å². The van der Waals surface area contributed by atoms with Crippen LogP contribution in [0.4, 0.5) is 0 Å². The van der Waals surface area contributed by atoms with Crippen LogP contribution in [0.15, 0.2) is 48.7 Å². The summed E-state index contributed by atoms with van der Waals surface area (Å²) in [4.78, 5) is 14.5. The quantitative estimate of drug-likeness (QED) is 0.629. The molecule has 0 unspecified atom stereocenters. The lowest BCUT2D eigenvalue weighted by atomic mass is 10.2. The number of nitrogens with two attached hydrogens (primary N) is 1. The summed E-state index contributed by atoms with van der Waals surface area (Å²) in [5.74, 6) is 1.57. The average molecular weight is 354 g/mol. The van der Waals surface area contributed by atoms with Crippen molar-refractivity contribution in [3.63, 3.8) is 0 Å². The van der Waals surface area contributed by atoms with Crippen LogP contribution in [0.25, 0.3) is 5.70 Å². The zero-order chi connectivity index (χ0) is 18.8. The lowest BCUT2D eigenvalue weighted by molar-refractivity contribution is -0.122. The first kappa shape index (κ1) is 19.0. The van der Waals surface area contributed by atoms with E-state index in [9.17, 15) is 4.79 Å². The normalized spacial score (nSPS) is 13.8. The van der Waals surface area contributed by atoms with Crippen LogP contribution >= 0.6 is 0 Å². The number of carbonyl (C=O) groups is 1. The van der Waals surface area contributed by atoms with Crippen molar-refractivity contribution in [1.82, 2.24) is 10.3 Å². The monoisotopic (exact) mass is 354 g/mol. The Hall–Kier alpha value is -3.35. The van der Waals surface area contributed by atoms with Gasteiger partial charge in [0.05, 0.1) is 17.6 Å². The van der Waals surface area contributed by atoms with Crippen molar-refractivity contribution in [3.8, 4) is 17.2 Å². The SMILES string of the molecule is N=C/C=C(\N)c1ccc(Oc2ccc(O)cc2)cn1.O=C1CCCCN1. The summed E-state index contributed by atoms with van der Waals surface area (Å²) in [7, 11) is 0. The highest BCUT2D eigenvalue weighted by molar-refractivity contribution is 5.80. The van der Waals surface area contributed by atoms with E-state index >= 15 is 0 Å². The number of hydrogen-bond donors (Lipinski definition) is 4. The molecule has 0 atom stereocenters. The number of ether oxygens (including phenoxy) is 1. The van der Waals surface area contributed by atoms with Crippen molar-refractivity contribution in [3.05, 3.63) is 54.4 Å². The molecule has 5 N–H and O–H groups in total. The largest absolute Gasteiger partial charge is 0.508 e. The van der Waals surface area contributed by atoms with Crippen LogP contribution in [0, 0.1) is 5.41 Å². The van der Waals surface area contributed by atoms with Gasteiger partial charge >= 0.3 is 0 Å². The van der Waals surface area contributed by atoms with Gasteiger partial charge in [0.1, 0.15) is 17.2 Å². The molecule has 136 valence electrons. The molecule has 0 saturated carbocycles. The Morgan fingerprint density at radius 2 is 1.92 bits per heavy atom. The van der Waals surface area contributed by atoms with E-state index in [1.54, 1.807) is 42.6 Å². The third-order valence-corrected chi connectivity index (χ3v) is 3.52. The van der Waals surface area contributed by atoms with Gasteiger partial charge in [0, 0.05) is 19.2 Å². The first-order valence-corrected chi connectivity index (χ1v) is 8.24. The molecule has 0 bridgehead atoms. The molecule has 7 nitrogen and oxygen atoms in total. The molecule has 0 spiro atoms. The van der Waals surface area contributed by atoms with Crippen molar-refractivity contribution in [2.75, 3.05) is 6.54 Å². The van der Waals surface area contributed by atoms with Gasteiger partial charge in [-0.05, 0) is 55.3 Å². The molecule has 1 aromatic carbocycles. The Morgan fingerprint density at radius 3 is 2.42 bits per heavy atom. The third kappa shape index (κ3) is 6.27. The van der Waals surface area contributed by atoms with E-state index in [1.807, 2.05) is 0 Å². The Balaban J connectivity index is 0.000000290. The molecule has 2 heterocycles. The number of carbonyl (C=O) groups excluding carboxylic acids is 1. The molecule has 1 aliphatic heterocycles. The molecule has 3 rings (SSSR count). The van der Waals surface area contributed by atoms with Gasteiger partial charge in [-0.1, -0.05) is 0 Å². The second kappa shape index (κ2) is 9.83. The maximum absolute atomic E-state index is 10.4. The number of aromatic nitrogens is 1. The van der Waals surface area contributed by atoms with E-state index in [0.29, 0.717) is 22.9 Å². The molecule has 1 aromatic heterocycles. The lowest BCUT2D eigenvalue weighted by Crippen LogP contribution is -2.28. The Bertz CT molecular complexity index is 747. The number of amides is 1. The van der Waals surface area contributed by atoms with Gasteiger partial charge < -0.3 is 26.3 Å². The topological polar surface area (TPSA) is 121 Å². The van der Waals surface area contributed by atoms with Crippen LogP contribution in [0.2, 0.25) is 0 Å². The van der Waals surface area contributed by atoms with E-state index in [4.69, 9.17) is 21.0 Å². The van der Waals surface area contributed by atoms with Crippen molar-refractivity contribution < 1.29 is 14.6 Å². The fourth-order valence-electron chi connectivity index (χ4n) is 2.16. The summed E-state index contributed by atoms with van der Waals surface area (Å²) in [5, 5.41) is 18.8. The van der Waals surface area contributed by atoms with E-state index in [0.717, 1.165) is 32.0 Å². The van der Waals surface area contributed by atoms with Gasteiger partial charge in [0.25, 0.3) is 0 Å². The van der Waals surface area contributed by atoms with Gasteiger partial charge in [-0.2, -0.15) is 0 Å². The van der Waals surface area contributed by atoms with Crippen molar-refractivity contribution in [1.29, 1.82) is 5.41 Å². The van der Waals surface area contributed by atoms with Crippen LogP contribution in [0.1, 0.15) is 25.0 Å². The fourth-order valence-corrected chi connectivity index (χ4v) is 2.16. The maximum atomic E-state index is 10.4. The lowest BCUT2D eigenvalue weighted by Gasteiger charge is -2.08. The molecule has 7 heteroatoms.